The minimum Gasteiger partial charge on any atom is -0.507 e. The molecule has 1 aromatic heterocycles. The van der Waals surface area contributed by atoms with Crippen molar-refractivity contribution in [2.75, 3.05) is 19.8 Å². The number of aromatic hydroxyl groups is 1. The van der Waals surface area contributed by atoms with Crippen LogP contribution in [0.2, 0.25) is 5.02 Å². The first-order chi connectivity index (χ1) is 17.8. The molecule has 194 valence electrons. The molecule has 37 heavy (non-hydrogen) atoms. The summed E-state index contributed by atoms with van der Waals surface area (Å²) in [5.41, 5.74) is 1.39. The van der Waals surface area contributed by atoms with Crippen LogP contribution in [0.5, 0.6) is 17.2 Å². The Hall–Kier alpha value is -3.56. The van der Waals surface area contributed by atoms with Crippen LogP contribution >= 0.6 is 22.9 Å². The monoisotopic (exact) mass is 542 g/mol. The van der Waals surface area contributed by atoms with Gasteiger partial charge in [-0.05, 0) is 69.7 Å². The SMILES string of the molecule is CCOC(=O)C1=C(C)N=c2s/c(=C\c3cc(Cl)ccc3O)c(=O)n2[C@@H]1c1ccc(OCC)c(OCC)c1. The molecule has 0 amide bonds. The number of nitrogens with zero attached hydrogens (tertiary/aromatic N) is 2. The van der Waals surface area contributed by atoms with Crippen molar-refractivity contribution in [2.24, 2.45) is 4.99 Å². The average Bonchev–Trinajstić information content (AvgIpc) is 3.16. The molecule has 0 unspecified atom stereocenters. The van der Waals surface area contributed by atoms with Crippen molar-refractivity contribution in [1.82, 2.24) is 4.57 Å². The average molecular weight is 543 g/mol. The molecule has 1 atom stereocenters. The minimum absolute atomic E-state index is 0.0111. The maximum absolute atomic E-state index is 13.7. The lowest BCUT2D eigenvalue weighted by molar-refractivity contribution is -0.139. The molecule has 0 bridgehead atoms. The first-order valence-electron chi connectivity index (χ1n) is 11.9. The van der Waals surface area contributed by atoms with Crippen LogP contribution in [0.4, 0.5) is 0 Å². The molecular formula is C27H27ClN2O6S. The summed E-state index contributed by atoms with van der Waals surface area (Å²) < 4.78 is 18.7. The van der Waals surface area contributed by atoms with Gasteiger partial charge in [0, 0.05) is 10.6 Å². The van der Waals surface area contributed by atoms with Crippen LogP contribution < -0.4 is 24.4 Å². The molecule has 0 saturated carbocycles. The molecule has 1 N–H and O–H groups in total. The van der Waals surface area contributed by atoms with Crippen LogP contribution in [-0.2, 0) is 9.53 Å². The Labute approximate surface area is 222 Å². The number of hydrogen-bond donors (Lipinski definition) is 1. The van der Waals surface area contributed by atoms with Gasteiger partial charge in [-0.1, -0.05) is 29.0 Å². The molecule has 0 aliphatic carbocycles. The molecule has 0 fully saturated rings. The smallest absolute Gasteiger partial charge is 0.338 e. The van der Waals surface area contributed by atoms with Crippen LogP contribution in [0.25, 0.3) is 6.08 Å². The quantitative estimate of drug-likeness (QED) is 0.433. The van der Waals surface area contributed by atoms with E-state index in [1.165, 1.54) is 10.6 Å². The van der Waals surface area contributed by atoms with Gasteiger partial charge in [0.2, 0.25) is 0 Å². The Bertz CT molecular complexity index is 1560. The molecule has 0 saturated heterocycles. The van der Waals surface area contributed by atoms with Crippen molar-refractivity contribution in [3.8, 4) is 17.2 Å². The lowest BCUT2D eigenvalue weighted by Crippen LogP contribution is -2.40. The number of aromatic nitrogens is 1. The number of phenols is 1. The van der Waals surface area contributed by atoms with Gasteiger partial charge in [0.1, 0.15) is 5.75 Å². The second kappa shape index (κ2) is 11.2. The van der Waals surface area contributed by atoms with Crippen LogP contribution in [0.3, 0.4) is 0 Å². The van der Waals surface area contributed by atoms with Crippen LogP contribution in [0, 0.1) is 0 Å². The van der Waals surface area contributed by atoms with Gasteiger partial charge < -0.3 is 19.3 Å². The van der Waals surface area contributed by atoms with E-state index >= 15 is 0 Å². The fourth-order valence-corrected chi connectivity index (χ4v) is 5.34. The second-order valence-electron chi connectivity index (χ2n) is 8.08. The first kappa shape index (κ1) is 26.5. The van der Waals surface area contributed by atoms with Gasteiger partial charge in [-0.15, -0.1) is 0 Å². The third-order valence-electron chi connectivity index (χ3n) is 5.68. The topological polar surface area (TPSA) is 99.4 Å². The molecule has 2 aromatic carbocycles. The second-order valence-corrected chi connectivity index (χ2v) is 9.52. The number of thiazole rings is 1. The maximum atomic E-state index is 13.7. The Morgan fingerprint density at radius 3 is 2.54 bits per heavy atom. The van der Waals surface area contributed by atoms with Gasteiger partial charge in [0.25, 0.3) is 5.56 Å². The number of ether oxygens (including phenoxy) is 3. The molecule has 2 heterocycles. The summed E-state index contributed by atoms with van der Waals surface area (Å²) in [4.78, 5) is 31.8. The Kier molecular flexibility index (Phi) is 8.04. The third-order valence-corrected chi connectivity index (χ3v) is 6.89. The standard InChI is InChI=1S/C27H27ClN2O6S/c1-5-34-20-11-8-16(13-21(20)35-6-2)24-23(26(33)36-7-3)15(4)29-27-30(24)25(32)22(37-27)14-17-12-18(28)9-10-19(17)31/h8-14,24,31H,5-7H2,1-4H3/b22-14-/t24-/m1/s1. The summed E-state index contributed by atoms with van der Waals surface area (Å²) in [5, 5.41) is 10.7. The number of halogens is 1. The van der Waals surface area contributed by atoms with E-state index in [1.54, 1.807) is 50.3 Å². The Morgan fingerprint density at radius 1 is 1.11 bits per heavy atom. The predicted molar refractivity (Wildman–Crippen MR) is 142 cm³/mol. The zero-order valence-corrected chi connectivity index (χ0v) is 22.5. The number of benzene rings is 2. The van der Waals surface area contributed by atoms with E-state index in [0.29, 0.717) is 55.9 Å². The Morgan fingerprint density at radius 2 is 1.84 bits per heavy atom. The third kappa shape index (κ3) is 5.28. The summed E-state index contributed by atoms with van der Waals surface area (Å²) >= 11 is 7.25. The van der Waals surface area contributed by atoms with Crippen molar-refractivity contribution in [3.63, 3.8) is 0 Å². The van der Waals surface area contributed by atoms with Gasteiger partial charge in [-0.2, -0.15) is 0 Å². The summed E-state index contributed by atoms with van der Waals surface area (Å²) in [6.07, 6.45) is 1.56. The summed E-state index contributed by atoms with van der Waals surface area (Å²) in [6.45, 7) is 8.23. The van der Waals surface area contributed by atoms with Gasteiger partial charge in [-0.25, -0.2) is 9.79 Å². The molecule has 10 heteroatoms. The highest BCUT2D eigenvalue weighted by Crippen LogP contribution is 2.36. The molecular weight excluding hydrogens is 516 g/mol. The largest absolute Gasteiger partial charge is 0.507 e. The summed E-state index contributed by atoms with van der Waals surface area (Å²) in [7, 11) is 0. The number of carbonyl (C=O) groups excluding carboxylic acids is 1. The normalized spacial score (nSPS) is 15.3. The molecule has 1 aliphatic rings. The number of hydrogen-bond acceptors (Lipinski definition) is 8. The van der Waals surface area contributed by atoms with Gasteiger partial charge in [-0.3, -0.25) is 9.36 Å². The fourth-order valence-electron chi connectivity index (χ4n) is 4.13. The molecule has 1 aliphatic heterocycles. The van der Waals surface area contributed by atoms with E-state index in [4.69, 9.17) is 25.8 Å². The highest BCUT2D eigenvalue weighted by molar-refractivity contribution is 7.07. The number of allylic oxidation sites excluding steroid dienone is 1. The van der Waals surface area contributed by atoms with Crippen LogP contribution in [0.15, 0.2) is 57.5 Å². The van der Waals surface area contributed by atoms with E-state index in [2.05, 4.69) is 4.99 Å². The van der Waals surface area contributed by atoms with Crippen molar-refractivity contribution in [2.45, 2.75) is 33.7 Å². The molecule has 8 nitrogen and oxygen atoms in total. The van der Waals surface area contributed by atoms with E-state index in [9.17, 15) is 14.7 Å². The van der Waals surface area contributed by atoms with Crippen molar-refractivity contribution < 1.29 is 24.1 Å². The highest BCUT2D eigenvalue weighted by Gasteiger charge is 2.34. The van der Waals surface area contributed by atoms with Crippen molar-refractivity contribution in [1.29, 1.82) is 0 Å². The zero-order chi connectivity index (χ0) is 26.7. The van der Waals surface area contributed by atoms with Crippen LogP contribution in [-0.4, -0.2) is 35.5 Å². The molecule has 0 spiro atoms. The summed E-state index contributed by atoms with van der Waals surface area (Å²) in [6, 6.07) is 9.14. The van der Waals surface area contributed by atoms with E-state index in [1.807, 2.05) is 13.8 Å². The van der Waals surface area contributed by atoms with Gasteiger partial charge >= 0.3 is 5.97 Å². The van der Waals surface area contributed by atoms with Crippen LogP contribution in [0.1, 0.15) is 44.9 Å². The highest BCUT2D eigenvalue weighted by atomic mass is 35.5. The van der Waals surface area contributed by atoms with Gasteiger partial charge in [0.15, 0.2) is 16.3 Å². The predicted octanol–water partition coefficient (Wildman–Crippen LogP) is 3.95. The zero-order valence-electron chi connectivity index (χ0n) is 20.9. The number of carbonyl (C=O) groups is 1. The minimum atomic E-state index is -0.805. The van der Waals surface area contributed by atoms with Crippen molar-refractivity contribution >= 4 is 35.0 Å². The maximum Gasteiger partial charge on any atom is 0.338 e. The number of rotatable bonds is 8. The lowest BCUT2D eigenvalue weighted by atomic mass is 9.95. The lowest BCUT2D eigenvalue weighted by Gasteiger charge is -2.25. The molecule has 4 rings (SSSR count). The van der Waals surface area contributed by atoms with E-state index in [-0.39, 0.29) is 23.5 Å². The number of esters is 1. The van der Waals surface area contributed by atoms with Gasteiger partial charge in [0.05, 0.1) is 41.7 Å². The fraction of sp³-hybridized carbons (Fsp3) is 0.296. The molecule has 3 aromatic rings. The van der Waals surface area contributed by atoms with Crippen molar-refractivity contribution in [3.05, 3.63) is 83.5 Å². The number of phenolic OH excluding ortho intramolecular Hbond substituents is 1. The Balaban J connectivity index is 1.97. The van der Waals surface area contributed by atoms with E-state index in [0.717, 1.165) is 11.3 Å². The number of fused-ring (bicyclic) bond motifs is 1. The van der Waals surface area contributed by atoms with E-state index < -0.39 is 12.0 Å². The molecule has 0 radical (unpaired) electrons. The first-order valence-corrected chi connectivity index (χ1v) is 13.1. The summed E-state index contributed by atoms with van der Waals surface area (Å²) in [5.74, 6) is 0.506.